The van der Waals surface area contributed by atoms with Gasteiger partial charge >= 0.3 is 6.03 Å². The SMILES string of the molecule is O=C(Nc1ccc(Cl)cc1)N1CCSC1c1ccc(Cl)cc1Cl. The lowest BCUT2D eigenvalue weighted by molar-refractivity contribution is 0.214. The molecule has 23 heavy (non-hydrogen) atoms. The molecule has 1 saturated heterocycles. The van der Waals surface area contributed by atoms with Gasteiger partial charge in [-0.15, -0.1) is 11.8 Å². The summed E-state index contributed by atoms with van der Waals surface area (Å²) in [5.41, 5.74) is 1.60. The van der Waals surface area contributed by atoms with Crippen molar-refractivity contribution in [2.45, 2.75) is 5.37 Å². The maximum Gasteiger partial charge on any atom is 0.323 e. The molecule has 2 aromatic rings. The Balaban J connectivity index is 1.78. The molecular formula is C16H13Cl3N2OS. The van der Waals surface area contributed by atoms with Crippen molar-refractivity contribution in [1.29, 1.82) is 0 Å². The van der Waals surface area contributed by atoms with Crippen LogP contribution in [0.2, 0.25) is 15.1 Å². The van der Waals surface area contributed by atoms with E-state index < -0.39 is 0 Å². The van der Waals surface area contributed by atoms with Gasteiger partial charge in [-0.25, -0.2) is 4.79 Å². The molecule has 0 spiro atoms. The molecule has 7 heteroatoms. The summed E-state index contributed by atoms with van der Waals surface area (Å²) in [5, 5.41) is 4.55. The maximum atomic E-state index is 12.6. The molecule has 1 unspecified atom stereocenters. The molecule has 1 aliphatic rings. The predicted molar refractivity (Wildman–Crippen MR) is 98.8 cm³/mol. The number of thioether (sulfide) groups is 1. The number of rotatable bonds is 2. The van der Waals surface area contributed by atoms with Crippen LogP contribution in [0.1, 0.15) is 10.9 Å². The highest BCUT2D eigenvalue weighted by Gasteiger charge is 2.32. The van der Waals surface area contributed by atoms with E-state index in [0.29, 0.717) is 27.3 Å². The molecule has 0 aliphatic carbocycles. The van der Waals surface area contributed by atoms with Crippen molar-refractivity contribution in [1.82, 2.24) is 4.90 Å². The molecule has 1 fully saturated rings. The van der Waals surface area contributed by atoms with E-state index in [-0.39, 0.29) is 11.4 Å². The summed E-state index contributed by atoms with van der Waals surface area (Å²) >= 11 is 19.8. The predicted octanol–water partition coefficient (Wildman–Crippen LogP) is 5.93. The van der Waals surface area contributed by atoms with Crippen LogP contribution in [-0.2, 0) is 0 Å². The number of halogens is 3. The Morgan fingerprint density at radius 3 is 2.48 bits per heavy atom. The molecule has 1 atom stereocenters. The van der Waals surface area contributed by atoms with E-state index in [2.05, 4.69) is 5.32 Å². The van der Waals surface area contributed by atoms with Crippen molar-refractivity contribution in [2.75, 3.05) is 17.6 Å². The van der Waals surface area contributed by atoms with Gasteiger partial charge < -0.3 is 10.2 Å². The number of amides is 2. The molecule has 0 radical (unpaired) electrons. The Labute approximate surface area is 153 Å². The van der Waals surface area contributed by atoms with Crippen LogP contribution < -0.4 is 5.32 Å². The zero-order valence-corrected chi connectivity index (χ0v) is 15.0. The topological polar surface area (TPSA) is 32.3 Å². The largest absolute Gasteiger partial charge is 0.323 e. The van der Waals surface area contributed by atoms with Crippen LogP contribution in [0.4, 0.5) is 10.5 Å². The molecule has 2 amide bonds. The van der Waals surface area contributed by atoms with E-state index in [0.717, 1.165) is 11.3 Å². The average molecular weight is 388 g/mol. The Kier molecular flexibility index (Phi) is 5.27. The van der Waals surface area contributed by atoms with E-state index in [4.69, 9.17) is 34.8 Å². The quantitative estimate of drug-likeness (QED) is 0.693. The molecule has 1 aliphatic heterocycles. The fourth-order valence-corrected chi connectivity index (χ4v) is 4.36. The lowest BCUT2D eigenvalue weighted by Gasteiger charge is -2.25. The number of hydrogen-bond acceptors (Lipinski definition) is 2. The fourth-order valence-electron chi connectivity index (χ4n) is 2.37. The number of nitrogens with one attached hydrogen (secondary N) is 1. The standard InChI is InChI=1S/C16H13Cl3N2OS/c17-10-1-4-12(5-2-10)20-16(22)21-7-8-23-15(21)13-6-3-11(18)9-14(13)19/h1-6,9,15H,7-8H2,(H,20,22). The summed E-state index contributed by atoms with van der Waals surface area (Å²) < 4.78 is 0. The number of nitrogens with zero attached hydrogens (tertiary/aromatic N) is 1. The first-order valence-corrected chi connectivity index (χ1v) is 9.12. The van der Waals surface area contributed by atoms with Crippen LogP contribution in [0.5, 0.6) is 0 Å². The molecule has 120 valence electrons. The zero-order valence-electron chi connectivity index (χ0n) is 11.9. The highest BCUT2D eigenvalue weighted by molar-refractivity contribution is 7.99. The molecule has 0 saturated carbocycles. The van der Waals surface area contributed by atoms with Crippen molar-refractivity contribution < 1.29 is 4.79 Å². The van der Waals surface area contributed by atoms with Gasteiger partial charge in [-0.1, -0.05) is 40.9 Å². The molecular weight excluding hydrogens is 375 g/mol. The van der Waals surface area contributed by atoms with Gasteiger partial charge in [0.15, 0.2) is 0 Å². The first kappa shape index (κ1) is 16.8. The number of hydrogen-bond donors (Lipinski definition) is 1. The Morgan fingerprint density at radius 1 is 1.09 bits per heavy atom. The van der Waals surface area contributed by atoms with Gasteiger partial charge in [0.1, 0.15) is 5.37 Å². The van der Waals surface area contributed by atoms with Gasteiger partial charge in [0.25, 0.3) is 0 Å². The molecule has 1 N–H and O–H groups in total. The summed E-state index contributed by atoms with van der Waals surface area (Å²) in [7, 11) is 0. The lowest BCUT2D eigenvalue weighted by atomic mass is 10.2. The third-order valence-electron chi connectivity index (χ3n) is 3.48. The second-order valence-corrected chi connectivity index (χ2v) is 7.49. The first-order valence-electron chi connectivity index (χ1n) is 6.94. The van der Waals surface area contributed by atoms with Gasteiger partial charge in [0.2, 0.25) is 0 Å². The summed E-state index contributed by atoms with van der Waals surface area (Å²) in [5.74, 6) is 0.859. The highest BCUT2D eigenvalue weighted by Crippen LogP contribution is 2.41. The monoisotopic (exact) mass is 386 g/mol. The van der Waals surface area contributed by atoms with Gasteiger partial charge in [-0.2, -0.15) is 0 Å². The van der Waals surface area contributed by atoms with Crippen LogP contribution in [0.15, 0.2) is 42.5 Å². The number of benzene rings is 2. The average Bonchev–Trinajstić information content (AvgIpc) is 2.99. The Bertz CT molecular complexity index is 724. The van der Waals surface area contributed by atoms with Crippen LogP contribution in [0, 0.1) is 0 Å². The third-order valence-corrected chi connectivity index (χ3v) is 5.53. The minimum Gasteiger partial charge on any atom is -0.308 e. The van der Waals surface area contributed by atoms with Crippen molar-refractivity contribution in [2.24, 2.45) is 0 Å². The smallest absolute Gasteiger partial charge is 0.308 e. The normalized spacial score (nSPS) is 17.3. The molecule has 0 aromatic heterocycles. The maximum absolute atomic E-state index is 12.6. The summed E-state index contributed by atoms with van der Waals surface area (Å²) in [6.07, 6.45) is 0. The number of anilines is 1. The van der Waals surface area contributed by atoms with Gasteiger partial charge in [-0.05, 0) is 36.4 Å². The second kappa shape index (κ2) is 7.22. The second-order valence-electron chi connectivity index (χ2n) is 5.02. The summed E-state index contributed by atoms with van der Waals surface area (Å²) in [6.45, 7) is 0.660. The zero-order chi connectivity index (χ0) is 16.4. The summed E-state index contributed by atoms with van der Waals surface area (Å²) in [4.78, 5) is 14.3. The van der Waals surface area contributed by atoms with Gasteiger partial charge in [0.05, 0.1) is 0 Å². The summed E-state index contributed by atoms with van der Waals surface area (Å²) in [6, 6.07) is 12.2. The van der Waals surface area contributed by atoms with Crippen LogP contribution in [-0.4, -0.2) is 23.2 Å². The molecule has 1 heterocycles. The van der Waals surface area contributed by atoms with E-state index in [9.17, 15) is 4.79 Å². The van der Waals surface area contributed by atoms with Crippen LogP contribution in [0.25, 0.3) is 0 Å². The molecule has 3 nitrogen and oxygen atoms in total. The third kappa shape index (κ3) is 3.89. The van der Waals surface area contributed by atoms with Crippen molar-refractivity contribution >= 4 is 58.3 Å². The molecule has 3 rings (SSSR count). The fraction of sp³-hybridized carbons (Fsp3) is 0.188. The number of carbonyl (C=O) groups excluding carboxylic acids is 1. The Hall–Kier alpha value is -1.07. The van der Waals surface area contributed by atoms with E-state index in [1.54, 1.807) is 53.1 Å². The lowest BCUT2D eigenvalue weighted by Crippen LogP contribution is -2.34. The molecule has 0 bridgehead atoms. The van der Waals surface area contributed by atoms with Crippen molar-refractivity contribution in [3.63, 3.8) is 0 Å². The van der Waals surface area contributed by atoms with Crippen molar-refractivity contribution in [3.8, 4) is 0 Å². The van der Waals surface area contributed by atoms with Crippen molar-refractivity contribution in [3.05, 3.63) is 63.1 Å². The Morgan fingerprint density at radius 2 is 1.78 bits per heavy atom. The molecule has 2 aromatic carbocycles. The van der Waals surface area contributed by atoms with E-state index in [1.165, 1.54) is 0 Å². The van der Waals surface area contributed by atoms with E-state index >= 15 is 0 Å². The number of carbonyl (C=O) groups is 1. The highest BCUT2D eigenvalue weighted by atomic mass is 35.5. The van der Waals surface area contributed by atoms with Crippen LogP contribution in [0.3, 0.4) is 0 Å². The number of urea groups is 1. The van der Waals surface area contributed by atoms with Gasteiger partial charge in [0, 0.05) is 38.6 Å². The van der Waals surface area contributed by atoms with Crippen LogP contribution >= 0.6 is 46.6 Å². The van der Waals surface area contributed by atoms with E-state index in [1.807, 2.05) is 6.07 Å². The minimum absolute atomic E-state index is 0.118. The van der Waals surface area contributed by atoms with Gasteiger partial charge in [-0.3, -0.25) is 0 Å². The minimum atomic E-state index is -0.159. The first-order chi connectivity index (χ1) is 11.0.